The summed E-state index contributed by atoms with van der Waals surface area (Å²) in [4.78, 5) is 0. The third-order valence-electron chi connectivity index (χ3n) is 4.11. The van der Waals surface area contributed by atoms with Gasteiger partial charge in [-0.2, -0.15) is 0 Å². The molecule has 0 amide bonds. The zero-order chi connectivity index (χ0) is 15.0. The lowest BCUT2D eigenvalue weighted by Crippen LogP contribution is -2.35. The molecule has 1 aromatic carbocycles. The number of hydrogen-bond acceptors (Lipinski definition) is 1. The van der Waals surface area contributed by atoms with Crippen molar-refractivity contribution in [2.24, 2.45) is 0 Å². The van der Waals surface area contributed by atoms with Crippen LogP contribution < -0.4 is 5.32 Å². The minimum atomic E-state index is 0.227. The van der Waals surface area contributed by atoms with Crippen LogP contribution in [0.25, 0.3) is 0 Å². The van der Waals surface area contributed by atoms with Crippen LogP contribution >= 0.6 is 0 Å². The van der Waals surface area contributed by atoms with E-state index in [9.17, 15) is 0 Å². The van der Waals surface area contributed by atoms with Gasteiger partial charge in [-0.05, 0) is 37.4 Å². The highest BCUT2D eigenvalue weighted by molar-refractivity contribution is 5.41. The molecule has 110 valence electrons. The van der Waals surface area contributed by atoms with Gasteiger partial charge in [0.25, 0.3) is 0 Å². The Kier molecular flexibility index (Phi) is 6.74. The molecule has 1 atom stereocenters. The third-order valence-corrected chi connectivity index (χ3v) is 4.11. The van der Waals surface area contributed by atoms with Gasteiger partial charge >= 0.3 is 0 Å². The van der Waals surface area contributed by atoms with Gasteiger partial charge in [-0.3, -0.25) is 0 Å². The van der Waals surface area contributed by atoms with Gasteiger partial charge in [0.15, 0.2) is 0 Å². The summed E-state index contributed by atoms with van der Waals surface area (Å²) in [5.41, 5.74) is 4.70. The molecular formula is C19H29N. The van der Waals surface area contributed by atoms with Gasteiger partial charge in [-0.15, -0.1) is 0 Å². The van der Waals surface area contributed by atoms with Crippen LogP contribution in [0.15, 0.2) is 54.1 Å². The largest absolute Gasteiger partial charge is 0.319 e. The Labute approximate surface area is 124 Å². The summed E-state index contributed by atoms with van der Waals surface area (Å²) in [6.45, 7) is 11.3. The molecule has 0 bridgehead atoms. The van der Waals surface area contributed by atoms with Crippen LogP contribution in [0.5, 0.6) is 0 Å². The average molecular weight is 271 g/mol. The van der Waals surface area contributed by atoms with E-state index in [1.54, 1.807) is 5.57 Å². The Morgan fingerprint density at radius 1 is 1.20 bits per heavy atom. The fourth-order valence-corrected chi connectivity index (χ4v) is 3.20. The Hall–Kier alpha value is -1.34. The van der Waals surface area contributed by atoms with E-state index >= 15 is 0 Å². The second-order valence-corrected chi connectivity index (χ2v) is 5.22. The molecular weight excluding hydrogens is 242 g/mol. The fourth-order valence-electron chi connectivity index (χ4n) is 3.20. The van der Waals surface area contributed by atoms with Crippen molar-refractivity contribution in [1.82, 2.24) is 5.32 Å². The van der Waals surface area contributed by atoms with Crippen LogP contribution in [0.3, 0.4) is 0 Å². The lowest BCUT2D eigenvalue weighted by Gasteiger charge is -2.30. The molecule has 0 aromatic heterocycles. The van der Waals surface area contributed by atoms with E-state index in [0.29, 0.717) is 0 Å². The number of likely N-dealkylation sites (N-methyl/N-ethyl adjacent to an activating group) is 1. The van der Waals surface area contributed by atoms with Gasteiger partial charge in [-0.1, -0.05) is 69.3 Å². The maximum atomic E-state index is 3.98. The second kappa shape index (κ2) is 8.06. The normalized spacial score (nSPS) is 21.4. The van der Waals surface area contributed by atoms with Crippen molar-refractivity contribution < 1.29 is 0 Å². The van der Waals surface area contributed by atoms with E-state index in [0.717, 1.165) is 25.8 Å². The van der Waals surface area contributed by atoms with Crippen LogP contribution in [-0.4, -0.2) is 13.6 Å². The molecule has 1 aliphatic rings. The van der Waals surface area contributed by atoms with Crippen LogP contribution in [0.4, 0.5) is 0 Å². The van der Waals surface area contributed by atoms with Gasteiger partial charge in [0, 0.05) is 12.0 Å². The maximum Gasteiger partial charge on any atom is 0.0155 e. The summed E-state index contributed by atoms with van der Waals surface area (Å²) in [5, 5.41) is 3.38. The van der Waals surface area contributed by atoms with Crippen LogP contribution in [-0.2, 0) is 5.41 Å². The lowest BCUT2D eigenvalue weighted by atomic mass is 9.76. The summed E-state index contributed by atoms with van der Waals surface area (Å²) >= 11 is 0. The molecule has 0 heterocycles. The summed E-state index contributed by atoms with van der Waals surface area (Å²) in [6.07, 6.45) is 5.47. The first-order valence-corrected chi connectivity index (χ1v) is 7.79. The molecule has 1 unspecified atom stereocenters. The molecule has 2 rings (SSSR count). The first kappa shape index (κ1) is 16.7. The van der Waals surface area contributed by atoms with E-state index < -0.39 is 0 Å². The van der Waals surface area contributed by atoms with Crippen molar-refractivity contribution in [3.63, 3.8) is 0 Å². The van der Waals surface area contributed by atoms with Gasteiger partial charge < -0.3 is 5.32 Å². The third kappa shape index (κ3) is 3.40. The molecule has 0 spiro atoms. The molecule has 0 radical (unpaired) electrons. The number of benzene rings is 1. The van der Waals surface area contributed by atoms with Crippen molar-refractivity contribution in [2.45, 2.75) is 45.4 Å². The van der Waals surface area contributed by atoms with E-state index in [-0.39, 0.29) is 5.41 Å². The highest BCUT2D eigenvalue weighted by atomic mass is 14.8. The quantitative estimate of drug-likeness (QED) is 0.806. The first-order chi connectivity index (χ1) is 9.75. The highest BCUT2D eigenvalue weighted by Gasteiger charge is 2.38. The van der Waals surface area contributed by atoms with Crippen molar-refractivity contribution in [2.75, 3.05) is 13.6 Å². The van der Waals surface area contributed by atoms with E-state index in [2.05, 4.69) is 55.2 Å². The second-order valence-electron chi connectivity index (χ2n) is 5.22. The lowest BCUT2D eigenvalue weighted by molar-refractivity contribution is 0.426. The summed E-state index contributed by atoms with van der Waals surface area (Å²) in [5.74, 6) is 0. The Balaban J connectivity index is 0.000000956. The van der Waals surface area contributed by atoms with Gasteiger partial charge in [0.05, 0.1) is 0 Å². The standard InChI is InChI=1S/C17H23N.C2H6/c1-4-14-11-17(13-18-3,12-15(14)5-2)16-9-7-6-8-10-16;1-2/h4,6-10,18H,1,5,11-13H2,2-3H3;1-2H3. The summed E-state index contributed by atoms with van der Waals surface area (Å²) in [6, 6.07) is 10.9. The number of allylic oxidation sites excluding steroid dienone is 3. The maximum absolute atomic E-state index is 3.98. The van der Waals surface area contributed by atoms with Crippen molar-refractivity contribution in [3.05, 3.63) is 59.7 Å². The molecule has 1 aromatic rings. The predicted molar refractivity (Wildman–Crippen MR) is 90.1 cm³/mol. The number of rotatable bonds is 5. The molecule has 0 saturated carbocycles. The average Bonchev–Trinajstić information content (AvgIpc) is 2.90. The SMILES string of the molecule is C=CC1=C(CC)CC(CNC)(c2ccccc2)C1.CC. The van der Waals surface area contributed by atoms with Gasteiger partial charge in [0.2, 0.25) is 0 Å². The zero-order valence-corrected chi connectivity index (χ0v) is 13.5. The van der Waals surface area contributed by atoms with Gasteiger partial charge in [0.1, 0.15) is 0 Å². The number of nitrogens with one attached hydrogen (secondary N) is 1. The molecule has 0 aliphatic heterocycles. The molecule has 1 heteroatoms. The predicted octanol–water partition coefficient (Wildman–Crippen LogP) is 4.86. The van der Waals surface area contributed by atoms with Crippen molar-refractivity contribution in [1.29, 1.82) is 0 Å². The van der Waals surface area contributed by atoms with Crippen LogP contribution in [0.1, 0.15) is 45.6 Å². The molecule has 1 aliphatic carbocycles. The molecule has 0 saturated heterocycles. The Bertz CT molecular complexity index is 444. The molecule has 1 N–H and O–H groups in total. The fraction of sp³-hybridized carbons (Fsp3) is 0.474. The van der Waals surface area contributed by atoms with Crippen molar-refractivity contribution in [3.8, 4) is 0 Å². The smallest absolute Gasteiger partial charge is 0.0155 e. The summed E-state index contributed by atoms with van der Waals surface area (Å²) in [7, 11) is 2.04. The minimum Gasteiger partial charge on any atom is -0.319 e. The first-order valence-electron chi connectivity index (χ1n) is 7.79. The zero-order valence-electron chi connectivity index (χ0n) is 13.5. The number of hydrogen-bond donors (Lipinski definition) is 1. The Morgan fingerprint density at radius 3 is 2.30 bits per heavy atom. The highest BCUT2D eigenvalue weighted by Crippen LogP contribution is 2.45. The summed E-state index contributed by atoms with van der Waals surface area (Å²) < 4.78 is 0. The molecule has 20 heavy (non-hydrogen) atoms. The topological polar surface area (TPSA) is 12.0 Å². The van der Waals surface area contributed by atoms with E-state index in [4.69, 9.17) is 0 Å². The van der Waals surface area contributed by atoms with Crippen LogP contribution in [0.2, 0.25) is 0 Å². The Morgan fingerprint density at radius 2 is 1.85 bits per heavy atom. The molecule has 1 nitrogen and oxygen atoms in total. The monoisotopic (exact) mass is 271 g/mol. The minimum absolute atomic E-state index is 0.227. The van der Waals surface area contributed by atoms with Crippen molar-refractivity contribution >= 4 is 0 Å². The molecule has 0 fully saturated rings. The van der Waals surface area contributed by atoms with E-state index in [1.165, 1.54) is 11.1 Å². The van der Waals surface area contributed by atoms with Gasteiger partial charge in [-0.25, -0.2) is 0 Å². The van der Waals surface area contributed by atoms with Crippen LogP contribution in [0, 0.1) is 0 Å². The van der Waals surface area contributed by atoms with E-state index in [1.807, 2.05) is 20.9 Å².